The van der Waals surface area contributed by atoms with Gasteiger partial charge in [-0.1, -0.05) is 91.0 Å². The minimum Gasteiger partial charge on any atom is -0.351 e. The van der Waals surface area contributed by atoms with E-state index in [4.69, 9.17) is 12.6 Å². The monoisotopic (exact) mass is 484 g/mol. The second-order valence-corrected chi connectivity index (χ2v) is 22.6. The van der Waals surface area contributed by atoms with E-state index in [1.54, 1.807) is 0 Å². The molecule has 3 aromatic rings. The maximum Gasteiger partial charge on any atom is 0.301 e. The van der Waals surface area contributed by atoms with E-state index in [1.807, 2.05) is 18.2 Å². The van der Waals surface area contributed by atoms with Crippen LogP contribution in [-0.4, -0.2) is 25.0 Å². The van der Waals surface area contributed by atoms with Gasteiger partial charge in [-0.25, -0.2) is 0 Å². The third-order valence-corrected chi connectivity index (χ3v) is 17.8. The number of benzene rings is 3. The van der Waals surface area contributed by atoms with Crippen LogP contribution < -0.4 is 15.6 Å². The van der Waals surface area contributed by atoms with Gasteiger partial charge in [0.25, 0.3) is 0 Å². The van der Waals surface area contributed by atoms with Crippen LogP contribution in [0.25, 0.3) is 0 Å². The summed E-state index contributed by atoms with van der Waals surface area (Å²) < 4.78 is 20.3. The molecule has 7 heteroatoms. The third-order valence-electron chi connectivity index (χ3n) is 5.32. The van der Waals surface area contributed by atoms with E-state index in [9.17, 15) is 0 Å². The standard InChI is InChI=1S/C24H33O3PSi3/c1-29(2,22-16-10-7-11-17-22)25-28(26-30(3,4)23-18-12-8-13-19-23)27-31(5,6)24-20-14-9-15-21-24/h7-21H,1-6H3. The van der Waals surface area contributed by atoms with Crippen LogP contribution in [0.15, 0.2) is 91.0 Å². The molecule has 0 saturated carbocycles. The van der Waals surface area contributed by atoms with Gasteiger partial charge < -0.3 is 12.6 Å². The molecule has 3 nitrogen and oxygen atoms in total. The fourth-order valence-corrected chi connectivity index (χ4v) is 13.5. The Kier molecular flexibility index (Phi) is 7.86. The molecule has 0 heterocycles. The van der Waals surface area contributed by atoms with Crippen LogP contribution in [0.1, 0.15) is 0 Å². The summed E-state index contributed by atoms with van der Waals surface area (Å²) in [5.74, 6) is 0. The predicted octanol–water partition coefficient (Wildman–Crippen LogP) is 5.60. The zero-order valence-electron chi connectivity index (χ0n) is 19.3. The molecule has 0 bridgehead atoms. The summed E-state index contributed by atoms with van der Waals surface area (Å²) in [6, 6.07) is 31.5. The molecule has 0 atom stereocenters. The van der Waals surface area contributed by atoms with Gasteiger partial charge >= 0.3 is 8.60 Å². The predicted molar refractivity (Wildman–Crippen MR) is 141 cm³/mol. The summed E-state index contributed by atoms with van der Waals surface area (Å²) in [4.78, 5) is 0. The highest BCUT2D eigenvalue weighted by molar-refractivity contribution is 7.48. The fraction of sp³-hybridized carbons (Fsp3) is 0.250. The van der Waals surface area contributed by atoms with Gasteiger partial charge in [-0.05, 0) is 54.8 Å². The van der Waals surface area contributed by atoms with E-state index in [0.717, 1.165) is 0 Å². The molecule has 0 N–H and O–H groups in total. The fourth-order valence-electron chi connectivity index (χ4n) is 3.29. The topological polar surface area (TPSA) is 27.7 Å². The van der Waals surface area contributed by atoms with Crippen LogP contribution in [0.2, 0.25) is 39.3 Å². The number of hydrogen-bond donors (Lipinski definition) is 0. The molecule has 0 aliphatic rings. The molecular formula is C24H33O3PSi3. The first-order valence-corrected chi connectivity index (χ1v) is 20.5. The van der Waals surface area contributed by atoms with Crippen molar-refractivity contribution in [3.63, 3.8) is 0 Å². The zero-order valence-corrected chi connectivity index (χ0v) is 23.2. The molecule has 0 unspecified atom stereocenters. The average molecular weight is 485 g/mol. The molecule has 31 heavy (non-hydrogen) atoms. The lowest BCUT2D eigenvalue weighted by molar-refractivity contribution is 0.389. The van der Waals surface area contributed by atoms with E-state index in [1.165, 1.54) is 15.6 Å². The van der Waals surface area contributed by atoms with Crippen molar-refractivity contribution in [3.8, 4) is 0 Å². The first kappa shape index (κ1) is 24.3. The summed E-state index contributed by atoms with van der Waals surface area (Å²) >= 11 is 0. The molecule has 0 amide bonds. The van der Waals surface area contributed by atoms with Crippen molar-refractivity contribution in [2.75, 3.05) is 0 Å². The lowest BCUT2D eigenvalue weighted by atomic mass is 10.4. The van der Waals surface area contributed by atoms with Crippen LogP contribution in [0.4, 0.5) is 0 Å². The Balaban J connectivity index is 1.90. The van der Waals surface area contributed by atoms with Crippen molar-refractivity contribution in [3.05, 3.63) is 91.0 Å². The van der Waals surface area contributed by atoms with Gasteiger partial charge in [0.1, 0.15) is 0 Å². The number of hydrogen-bond acceptors (Lipinski definition) is 3. The maximum absolute atomic E-state index is 6.77. The first-order chi connectivity index (χ1) is 14.6. The van der Waals surface area contributed by atoms with Gasteiger partial charge in [0.15, 0.2) is 0 Å². The summed E-state index contributed by atoms with van der Waals surface area (Å²) in [6.07, 6.45) is 0. The van der Waals surface area contributed by atoms with Crippen LogP contribution >= 0.6 is 8.60 Å². The van der Waals surface area contributed by atoms with Gasteiger partial charge in [0.2, 0.25) is 25.0 Å². The summed E-state index contributed by atoms with van der Waals surface area (Å²) in [5.41, 5.74) is 0. The largest absolute Gasteiger partial charge is 0.351 e. The van der Waals surface area contributed by atoms with Crippen molar-refractivity contribution in [2.45, 2.75) is 39.3 Å². The molecule has 0 spiro atoms. The Bertz CT molecular complexity index is 824. The van der Waals surface area contributed by atoms with Gasteiger partial charge in [-0.2, -0.15) is 0 Å². The van der Waals surface area contributed by atoms with Gasteiger partial charge in [0.05, 0.1) is 0 Å². The molecule has 3 rings (SSSR count). The molecule has 0 fully saturated rings. The van der Waals surface area contributed by atoms with Crippen molar-refractivity contribution < 1.29 is 12.6 Å². The molecule has 164 valence electrons. The van der Waals surface area contributed by atoms with Crippen molar-refractivity contribution >= 4 is 49.1 Å². The average Bonchev–Trinajstić information content (AvgIpc) is 2.75. The lowest BCUT2D eigenvalue weighted by Gasteiger charge is -2.36. The third kappa shape index (κ3) is 6.56. The minimum atomic E-state index is -2.22. The Labute approximate surface area is 191 Å². The van der Waals surface area contributed by atoms with Crippen molar-refractivity contribution in [1.82, 2.24) is 0 Å². The molecule has 0 aliphatic carbocycles. The number of rotatable bonds is 9. The van der Waals surface area contributed by atoms with Crippen molar-refractivity contribution in [1.29, 1.82) is 0 Å². The Morgan fingerprint density at radius 2 is 0.645 bits per heavy atom. The molecule has 0 aromatic heterocycles. The van der Waals surface area contributed by atoms with Gasteiger partial charge in [-0.3, -0.25) is 0 Å². The Morgan fingerprint density at radius 3 is 0.871 bits per heavy atom. The van der Waals surface area contributed by atoms with E-state index >= 15 is 0 Å². The van der Waals surface area contributed by atoms with Crippen LogP contribution in [0, 0.1) is 0 Å². The summed E-state index contributed by atoms with van der Waals surface area (Å²) in [6.45, 7) is 13.3. The Morgan fingerprint density at radius 1 is 0.419 bits per heavy atom. The molecular weight excluding hydrogens is 451 g/mol. The highest BCUT2D eigenvalue weighted by Crippen LogP contribution is 2.47. The van der Waals surface area contributed by atoms with Gasteiger partial charge in [0, 0.05) is 0 Å². The normalized spacial score (nSPS) is 12.9. The SMILES string of the molecule is C[Si](C)(OP(O[Si](C)(C)c1ccccc1)O[Si](C)(C)c1ccccc1)c1ccccc1. The second-order valence-electron chi connectivity index (χ2n) is 9.13. The van der Waals surface area contributed by atoms with Crippen LogP contribution in [-0.2, 0) is 12.6 Å². The van der Waals surface area contributed by atoms with E-state index in [2.05, 4.69) is 112 Å². The Hall–Kier alpha value is -1.38. The molecule has 0 radical (unpaired) electrons. The van der Waals surface area contributed by atoms with Gasteiger partial charge in [-0.15, -0.1) is 0 Å². The summed E-state index contributed by atoms with van der Waals surface area (Å²) in [7, 11) is -8.17. The zero-order chi connectivity index (χ0) is 22.5. The smallest absolute Gasteiger partial charge is 0.301 e. The quantitative estimate of drug-likeness (QED) is 0.292. The highest BCUT2D eigenvalue weighted by atomic mass is 31.2. The highest BCUT2D eigenvalue weighted by Gasteiger charge is 2.40. The summed E-state index contributed by atoms with van der Waals surface area (Å²) in [5, 5.41) is 3.73. The van der Waals surface area contributed by atoms with E-state index < -0.39 is 33.6 Å². The molecule has 0 aliphatic heterocycles. The molecule has 0 saturated heterocycles. The van der Waals surface area contributed by atoms with Crippen LogP contribution in [0.5, 0.6) is 0 Å². The lowest BCUT2D eigenvalue weighted by Crippen LogP contribution is -2.49. The molecule has 3 aromatic carbocycles. The maximum atomic E-state index is 6.77. The first-order valence-electron chi connectivity index (χ1n) is 10.6. The second kappa shape index (κ2) is 10.0. The van der Waals surface area contributed by atoms with Crippen LogP contribution in [0.3, 0.4) is 0 Å². The van der Waals surface area contributed by atoms with E-state index in [-0.39, 0.29) is 0 Å². The van der Waals surface area contributed by atoms with Crippen molar-refractivity contribution in [2.24, 2.45) is 0 Å². The minimum absolute atomic E-state index is 1.24. The van der Waals surface area contributed by atoms with E-state index in [0.29, 0.717) is 0 Å².